The molecule has 0 bridgehead atoms. The number of carbonyl (C=O) groups excluding carboxylic acids is 2. The van der Waals surface area contributed by atoms with Gasteiger partial charge in [-0.05, 0) is 30.5 Å². The lowest BCUT2D eigenvalue weighted by Gasteiger charge is -2.29. The van der Waals surface area contributed by atoms with Gasteiger partial charge in [0.15, 0.2) is 11.5 Å². The van der Waals surface area contributed by atoms with Crippen LogP contribution in [0.25, 0.3) is 0 Å². The summed E-state index contributed by atoms with van der Waals surface area (Å²) in [6, 6.07) is 4.71. The van der Waals surface area contributed by atoms with Crippen molar-refractivity contribution in [3.63, 3.8) is 0 Å². The fraction of sp³-hybridized carbons (Fsp3) is 0.476. The standard InChI is InChI=1S/C21H26FNO5/c1-21(2,3)19(27)16-17(13-8-10-14(22)11-9-13)23(20(28)18(16)26)12-6-4-5-7-15(24)25/h8-11,17,26H,4-7,12H2,1-3H3,(H,24,25). The number of aliphatic carboxylic acids is 1. The maximum atomic E-state index is 13.4. The van der Waals surface area contributed by atoms with Gasteiger partial charge in [-0.2, -0.15) is 0 Å². The highest BCUT2D eigenvalue weighted by Gasteiger charge is 2.45. The van der Waals surface area contributed by atoms with Crippen molar-refractivity contribution in [3.8, 4) is 0 Å². The molecule has 6 nitrogen and oxygen atoms in total. The van der Waals surface area contributed by atoms with E-state index in [0.717, 1.165) is 0 Å². The summed E-state index contributed by atoms with van der Waals surface area (Å²) in [5.74, 6) is -2.87. The minimum Gasteiger partial charge on any atom is -0.503 e. The van der Waals surface area contributed by atoms with E-state index < -0.39 is 34.9 Å². The van der Waals surface area contributed by atoms with Crippen molar-refractivity contribution < 1.29 is 29.0 Å². The van der Waals surface area contributed by atoms with Crippen molar-refractivity contribution in [1.82, 2.24) is 4.90 Å². The Hall–Kier alpha value is -2.70. The van der Waals surface area contributed by atoms with Gasteiger partial charge < -0.3 is 15.1 Å². The van der Waals surface area contributed by atoms with Crippen molar-refractivity contribution >= 4 is 17.7 Å². The number of ketones is 1. The predicted molar refractivity (Wildman–Crippen MR) is 101 cm³/mol. The molecule has 0 saturated carbocycles. The number of amides is 1. The molecule has 1 heterocycles. The molecule has 1 aliphatic heterocycles. The smallest absolute Gasteiger partial charge is 0.303 e. The van der Waals surface area contributed by atoms with Crippen LogP contribution in [0.3, 0.4) is 0 Å². The van der Waals surface area contributed by atoms with Gasteiger partial charge >= 0.3 is 5.97 Å². The van der Waals surface area contributed by atoms with E-state index in [-0.39, 0.29) is 24.3 Å². The molecule has 0 spiro atoms. The molecule has 7 heteroatoms. The number of carbonyl (C=O) groups is 3. The maximum absolute atomic E-state index is 13.4. The number of unbranched alkanes of at least 4 members (excludes halogenated alkanes) is 2. The third kappa shape index (κ3) is 4.77. The Morgan fingerprint density at radius 3 is 2.25 bits per heavy atom. The van der Waals surface area contributed by atoms with E-state index in [4.69, 9.17) is 5.11 Å². The summed E-state index contributed by atoms with van der Waals surface area (Å²) in [4.78, 5) is 37.6. The largest absolute Gasteiger partial charge is 0.503 e. The molecule has 2 rings (SSSR count). The summed E-state index contributed by atoms with van der Waals surface area (Å²) in [5, 5.41) is 19.2. The van der Waals surface area contributed by atoms with Crippen LogP contribution in [0.1, 0.15) is 58.1 Å². The molecular weight excluding hydrogens is 365 g/mol. The first-order valence-corrected chi connectivity index (χ1v) is 9.30. The molecule has 1 aliphatic rings. The zero-order valence-electron chi connectivity index (χ0n) is 16.4. The highest BCUT2D eigenvalue weighted by atomic mass is 19.1. The highest BCUT2D eigenvalue weighted by molar-refractivity contribution is 6.10. The topological polar surface area (TPSA) is 94.9 Å². The minimum absolute atomic E-state index is 0.0228. The third-order valence-electron chi connectivity index (χ3n) is 4.70. The van der Waals surface area contributed by atoms with Crippen LogP contribution < -0.4 is 0 Å². The van der Waals surface area contributed by atoms with Crippen LogP contribution >= 0.6 is 0 Å². The first kappa shape index (κ1) is 21.6. The van der Waals surface area contributed by atoms with Gasteiger partial charge in [-0.25, -0.2) is 4.39 Å². The third-order valence-corrected chi connectivity index (χ3v) is 4.70. The van der Waals surface area contributed by atoms with Crippen LogP contribution in [-0.4, -0.2) is 39.3 Å². The molecule has 0 saturated heterocycles. The van der Waals surface area contributed by atoms with E-state index >= 15 is 0 Å². The number of rotatable bonds is 8. The van der Waals surface area contributed by atoms with Crippen LogP contribution in [0.15, 0.2) is 35.6 Å². The summed E-state index contributed by atoms with van der Waals surface area (Å²) in [6.45, 7) is 5.37. The van der Waals surface area contributed by atoms with E-state index in [1.807, 2.05) is 0 Å². The zero-order valence-corrected chi connectivity index (χ0v) is 16.4. The first-order valence-electron chi connectivity index (χ1n) is 9.30. The molecule has 1 amide bonds. The Morgan fingerprint density at radius 2 is 1.71 bits per heavy atom. The van der Waals surface area contributed by atoms with Gasteiger partial charge in [0, 0.05) is 18.4 Å². The van der Waals surface area contributed by atoms with Gasteiger partial charge in [-0.3, -0.25) is 14.4 Å². The van der Waals surface area contributed by atoms with Gasteiger partial charge in [-0.1, -0.05) is 39.3 Å². The number of carboxylic acid groups (broad SMARTS) is 1. The Bertz CT molecular complexity index is 792. The van der Waals surface area contributed by atoms with E-state index in [1.165, 1.54) is 29.2 Å². The number of carboxylic acids is 1. The first-order chi connectivity index (χ1) is 13.0. The fourth-order valence-corrected chi connectivity index (χ4v) is 3.25. The molecule has 2 N–H and O–H groups in total. The molecule has 0 fully saturated rings. The van der Waals surface area contributed by atoms with Crippen molar-refractivity contribution in [1.29, 1.82) is 0 Å². The summed E-state index contributed by atoms with van der Waals surface area (Å²) < 4.78 is 13.4. The Morgan fingerprint density at radius 1 is 1.11 bits per heavy atom. The lowest BCUT2D eigenvalue weighted by Crippen LogP contribution is -2.33. The van der Waals surface area contributed by atoms with Crippen LogP contribution in [0.4, 0.5) is 4.39 Å². The normalized spacial score (nSPS) is 17.4. The van der Waals surface area contributed by atoms with Crippen LogP contribution in [0, 0.1) is 11.2 Å². The van der Waals surface area contributed by atoms with Gasteiger partial charge in [-0.15, -0.1) is 0 Å². The summed E-state index contributed by atoms with van der Waals surface area (Å²) >= 11 is 0. The van der Waals surface area contributed by atoms with Crippen LogP contribution in [-0.2, 0) is 14.4 Å². The molecule has 0 aliphatic carbocycles. The van der Waals surface area contributed by atoms with E-state index in [9.17, 15) is 23.9 Å². The molecular formula is C21H26FNO5. The molecule has 1 aromatic carbocycles. The number of aliphatic hydroxyl groups excluding tert-OH is 1. The number of nitrogens with zero attached hydrogens (tertiary/aromatic N) is 1. The Balaban J connectivity index is 2.31. The van der Waals surface area contributed by atoms with E-state index in [1.54, 1.807) is 20.8 Å². The van der Waals surface area contributed by atoms with Crippen molar-refractivity contribution in [2.75, 3.05) is 6.54 Å². The minimum atomic E-state index is -0.876. The summed E-state index contributed by atoms with van der Waals surface area (Å²) in [6.07, 6.45) is 1.65. The average molecular weight is 391 g/mol. The molecule has 28 heavy (non-hydrogen) atoms. The van der Waals surface area contributed by atoms with E-state index in [0.29, 0.717) is 24.8 Å². The molecule has 1 atom stereocenters. The van der Waals surface area contributed by atoms with Gasteiger partial charge in [0.2, 0.25) is 0 Å². The quantitative estimate of drug-likeness (QED) is 0.658. The molecule has 1 unspecified atom stereocenters. The second-order valence-electron chi connectivity index (χ2n) is 8.00. The average Bonchev–Trinajstić information content (AvgIpc) is 2.85. The monoisotopic (exact) mass is 391 g/mol. The zero-order chi connectivity index (χ0) is 21.1. The Labute approximate surface area is 163 Å². The predicted octanol–water partition coefficient (Wildman–Crippen LogP) is 3.78. The maximum Gasteiger partial charge on any atom is 0.303 e. The molecule has 152 valence electrons. The van der Waals surface area contributed by atoms with Gasteiger partial charge in [0.05, 0.1) is 11.6 Å². The number of Topliss-reactive ketones (excluding diaryl/α,β-unsaturated/α-hetero) is 1. The molecule has 0 radical (unpaired) electrons. The van der Waals surface area contributed by atoms with Crippen LogP contribution in [0.5, 0.6) is 0 Å². The van der Waals surface area contributed by atoms with Crippen molar-refractivity contribution in [3.05, 3.63) is 47.0 Å². The van der Waals surface area contributed by atoms with Gasteiger partial charge in [0.25, 0.3) is 5.91 Å². The second-order valence-corrected chi connectivity index (χ2v) is 8.00. The Kier molecular flexibility index (Phi) is 6.59. The highest BCUT2D eigenvalue weighted by Crippen LogP contribution is 2.41. The summed E-state index contributed by atoms with van der Waals surface area (Å²) in [7, 11) is 0. The summed E-state index contributed by atoms with van der Waals surface area (Å²) in [5.41, 5.74) is -0.245. The second kappa shape index (κ2) is 8.54. The SMILES string of the molecule is CC(C)(C)C(=O)C1=C(O)C(=O)N(CCCCCC(=O)O)C1c1ccc(F)cc1. The number of benzene rings is 1. The number of halogens is 1. The van der Waals surface area contributed by atoms with Crippen LogP contribution in [0.2, 0.25) is 0 Å². The lowest BCUT2D eigenvalue weighted by atomic mass is 9.82. The number of aliphatic hydroxyl groups is 1. The van der Waals surface area contributed by atoms with Gasteiger partial charge in [0.1, 0.15) is 5.82 Å². The molecule has 1 aromatic rings. The van der Waals surface area contributed by atoms with Crippen molar-refractivity contribution in [2.45, 2.75) is 52.5 Å². The number of hydrogen-bond acceptors (Lipinski definition) is 4. The van der Waals surface area contributed by atoms with Crippen molar-refractivity contribution in [2.24, 2.45) is 5.41 Å². The number of hydrogen-bond donors (Lipinski definition) is 2. The fourth-order valence-electron chi connectivity index (χ4n) is 3.25. The molecule has 0 aromatic heterocycles. The van der Waals surface area contributed by atoms with E-state index in [2.05, 4.69) is 0 Å². The lowest BCUT2D eigenvalue weighted by molar-refractivity contribution is -0.137.